The fourth-order valence-corrected chi connectivity index (χ4v) is 2.36. The average Bonchev–Trinajstić information content (AvgIpc) is 2.30. The van der Waals surface area contributed by atoms with Gasteiger partial charge in [-0.3, -0.25) is 0 Å². The molecule has 0 bridgehead atoms. The molecule has 0 saturated heterocycles. The maximum Gasteiger partial charge on any atom is 0.0991 e. The average molecular weight is 256 g/mol. The molecule has 2 rings (SSSR count). The summed E-state index contributed by atoms with van der Waals surface area (Å²) < 4.78 is 25.4. The summed E-state index contributed by atoms with van der Waals surface area (Å²) in [7, 11) is 0. The monoisotopic (exact) mass is 256 g/mol. The van der Waals surface area contributed by atoms with Crippen LogP contribution in [0.25, 0.3) is 0 Å². The minimum absolute atomic E-state index is 0.133. The molecule has 0 aromatic heterocycles. The Kier molecular flexibility index (Phi) is 6.04. The fourth-order valence-electron chi connectivity index (χ4n) is 2.36. The van der Waals surface area contributed by atoms with Crippen LogP contribution in [-0.4, -0.2) is 0 Å². The molecule has 0 heterocycles. The molecule has 104 valence electrons. The van der Waals surface area contributed by atoms with E-state index in [1.54, 1.807) is 0 Å². The van der Waals surface area contributed by atoms with Crippen LogP contribution >= 0.6 is 0 Å². The highest BCUT2D eigenvalue weighted by molar-refractivity contribution is 5.09. The van der Waals surface area contributed by atoms with Crippen molar-refractivity contribution in [1.82, 2.24) is 0 Å². The van der Waals surface area contributed by atoms with E-state index < -0.39 is 0 Å². The molecule has 0 nitrogen and oxygen atoms in total. The number of rotatable bonds is 0. The summed E-state index contributed by atoms with van der Waals surface area (Å²) >= 11 is 0. The van der Waals surface area contributed by atoms with Crippen LogP contribution in [0.1, 0.15) is 66.2 Å². The van der Waals surface area contributed by atoms with Crippen molar-refractivity contribution in [2.24, 2.45) is 11.8 Å². The Morgan fingerprint density at radius 1 is 0.778 bits per heavy atom. The standard InChI is InChI=1S/2C8H13F/c2*1-6-3-4-7(2)8(9)5-6/h2*6H,3-5H2,1-2H3. The van der Waals surface area contributed by atoms with Gasteiger partial charge in [0, 0.05) is 12.8 Å². The van der Waals surface area contributed by atoms with Gasteiger partial charge < -0.3 is 0 Å². The Bertz CT molecular complexity index is 305. The van der Waals surface area contributed by atoms with E-state index in [9.17, 15) is 8.78 Å². The van der Waals surface area contributed by atoms with Crippen LogP contribution in [0.15, 0.2) is 22.8 Å². The number of halogens is 2. The molecule has 0 fully saturated rings. The summed E-state index contributed by atoms with van der Waals surface area (Å²) in [6.07, 6.45) is 5.61. The Labute approximate surface area is 110 Å². The topological polar surface area (TPSA) is 0 Å². The van der Waals surface area contributed by atoms with Gasteiger partial charge in [-0.15, -0.1) is 0 Å². The minimum atomic E-state index is 0.133. The first-order chi connectivity index (χ1) is 8.40. The molecular formula is C16H26F2. The van der Waals surface area contributed by atoms with Gasteiger partial charge in [-0.1, -0.05) is 13.8 Å². The van der Waals surface area contributed by atoms with E-state index in [4.69, 9.17) is 0 Å². The van der Waals surface area contributed by atoms with Gasteiger partial charge in [-0.2, -0.15) is 0 Å². The summed E-state index contributed by atoms with van der Waals surface area (Å²) in [4.78, 5) is 0. The Morgan fingerprint density at radius 2 is 1.11 bits per heavy atom. The quantitative estimate of drug-likeness (QED) is 0.491. The van der Waals surface area contributed by atoms with E-state index in [1.807, 2.05) is 13.8 Å². The fraction of sp³-hybridized carbons (Fsp3) is 0.750. The van der Waals surface area contributed by atoms with E-state index in [0.717, 1.165) is 24.0 Å². The van der Waals surface area contributed by atoms with Gasteiger partial charge in [0.1, 0.15) is 0 Å². The van der Waals surface area contributed by atoms with Crippen LogP contribution in [0.3, 0.4) is 0 Å². The molecule has 0 N–H and O–H groups in total. The zero-order valence-electron chi connectivity index (χ0n) is 12.2. The van der Waals surface area contributed by atoms with E-state index >= 15 is 0 Å². The predicted molar refractivity (Wildman–Crippen MR) is 73.6 cm³/mol. The van der Waals surface area contributed by atoms with Gasteiger partial charge in [0.25, 0.3) is 0 Å². The summed E-state index contributed by atoms with van der Waals surface area (Å²) in [5.74, 6) is 1.39. The number of allylic oxidation sites excluding steroid dienone is 4. The van der Waals surface area contributed by atoms with Crippen LogP contribution < -0.4 is 0 Å². The van der Waals surface area contributed by atoms with Crippen molar-refractivity contribution in [3.05, 3.63) is 22.8 Å². The Hall–Kier alpha value is -0.660. The number of hydrogen-bond acceptors (Lipinski definition) is 0. The molecule has 0 amide bonds. The van der Waals surface area contributed by atoms with E-state index in [-0.39, 0.29) is 11.7 Å². The molecule has 2 atom stereocenters. The molecule has 0 radical (unpaired) electrons. The van der Waals surface area contributed by atoms with Crippen LogP contribution in [-0.2, 0) is 0 Å². The van der Waals surface area contributed by atoms with E-state index in [2.05, 4.69) is 13.8 Å². The second kappa shape index (κ2) is 7.06. The zero-order chi connectivity index (χ0) is 13.7. The maximum absolute atomic E-state index is 12.7. The molecular weight excluding hydrogens is 230 g/mol. The summed E-state index contributed by atoms with van der Waals surface area (Å²) in [5, 5.41) is 0. The third kappa shape index (κ3) is 4.91. The third-order valence-corrected chi connectivity index (χ3v) is 4.01. The highest BCUT2D eigenvalue weighted by Gasteiger charge is 2.14. The van der Waals surface area contributed by atoms with Gasteiger partial charge in [-0.05, 0) is 62.5 Å². The molecule has 2 aliphatic rings. The van der Waals surface area contributed by atoms with Crippen LogP contribution in [0.5, 0.6) is 0 Å². The first-order valence-electron chi connectivity index (χ1n) is 7.08. The lowest BCUT2D eigenvalue weighted by molar-refractivity contribution is 0.422. The SMILES string of the molecule is CC1=C(F)CC(C)CC1.CC1=C(F)CC(C)CC1. The largest absolute Gasteiger partial charge is 0.212 e. The molecule has 0 aromatic rings. The first-order valence-corrected chi connectivity index (χ1v) is 7.08. The minimum Gasteiger partial charge on any atom is -0.212 e. The highest BCUT2D eigenvalue weighted by Crippen LogP contribution is 2.29. The van der Waals surface area contributed by atoms with Crippen molar-refractivity contribution < 1.29 is 8.78 Å². The predicted octanol–water partition coefficient (Wildman–Crippen LogP) is 6.10. The Balaban J connectivity index is 0.000000180. The van der Waals surface area contributed by atoms with Crippen molar-refractivity contribution >= 4 is 0 Å². The van der Waals surface area contributed by atoms with Gasteiger partial charge in [0.05, 0.1) is 11.7 Å². The Morgan fingerprint density at radius 3 is 1.33 bits per heavy atom. The summed E-state index contributed by atoms with van der Waals surface area (Å²) in [5.41, 5.74) is 1.93. The first kappa shape index (κ1) is 15.4. The summed E-state index contributed by atoms with van der Waals surface area (Å²) in [6.45, 7) is 7.99. The second-order valence-electron chi connectivity index (χ2n) is 6.07. The molecule has 0 aromatic carbocycles. The second-order valence-corrected chi connectivity index (χ2v) is 6.07. The van der Waals surface area contributed by atoms with Gasteiger partial charge in [-0.25, -0.2) is 8.78 Å². The number of hydrogen-bond donors (Lipinski definition) is 0. The molecule has 2 unspecified atom stereocenters. The van der Waals surface area contributed by atoms with Crippen molar-refractivity contribution in [2.45, 2.75) is 66.2 Å². The van der Waals surface area contributed by atoms with Crippen molar-refractivity contribution in [2.75, 3.05) is 0 Å². The van der Waals surface area contributed by atoms with Crippen LogP contribution in [0.2, 0.25) is 0 Å². The summed E-state index contributed by atoms with van der Waals surface area (Å²) in [6, 6.07) is 0. The third-order valence-electron chi connectivity index (χ3n) is 4.01. The van der Waals surface area contributed by atoms with E-state index in [0.29, 0.717) is 24.7 Å². The van der Waals surface area contributed by atoms with Crippen molar-refractivity contribution in [3.63, 3.8) is 0 Å². The van der Waals surface area contributed by atoms with Crippen LogP contribution in [0.4, 0.5) is 8.78 Å². The molecule has 0 saturated carbocycles. The molecule has 0 spiro atoms. The molecule has 2 heteroatoms. The molecule has 18 heavy (non-hydrogen) atoms. The zero-order valence-corrected chi connectivity index (χ0v) is 12.2. The lowest BCUT2D eigenvalue weighted by Crippen LogP contribution is -2.02. The van der Waals surface area contributed by atoms with Crippen molar-refractivity contribution in [3.8, 4) is 0 Å². The van der Waals surface area contributed by atoms with Gasteiger partial charge >= 0.3 is 0 Å². The lowest BCUT2D eigenvalue weighted by Gasteiger charge is -2.17. The van der Waals surface area contributed by atoms with Gasteiger partial charge in [0.2, 0.25) is 0 Å². The smallest absolute Gasteiger partial charge is 0.0991 e. The molecule has 0 aliphatic heterocycles. The van der Waals surface area contributed by atoms with Gasteiger partial charge in [0.15, 0.2) is 0 Å². The lowest BCUT2D eigenvalue weighted by atomic mass is 9.91. The molecule has 2 aliphatic carbocycles. The maximum atomic E-state index is 12.7. The normalized spacial score (nSPS) is 29.0. The van der Waals surface area contributed by atoms with Crippen molar-refractivity contribution in [1.29, 1.82) is 0 Å². The van der Waals surface area contributed by atoms with E-state index in [1.165, 1.54) is 12.8 Å². The van der Waals surface area contributed by atoms with Crippen LogP contribution in [0, 0.1) is 11.8 Å². The highest BCUT2D eigenvalue weighted by atomic mass is 19.1.